The molecule has 22 heavy (non-hydrogen) atoms. The van der Waals surface area contributed by atoms with Crippen LogP contribution in [0.5, 0.6) is 0 Å². The molecular formula is C13H9Cl2FN2O3S. The molecule has 1 amide bonds. The largest absolute Gasteiger partial charge is 0.273 e. The van der Waals surface area contributed by atoms with Crippen molar-refractivity contribution >= 4 is 39.1 Å². The van der Waals surface area contributed by atoms with Gasteiger partial charge in [-0.2, -0.15) is 0 Å². The molecule has 0 aliphatic rings. The van der Waals surface area contributed by atoms with Gasteiger partial charge < -0.3 is 0 Å². The highest BCUT2D eigenvalue weighted by atomic mass is 35.5. The lowest BCUT2D eigenvalue weighted by Crippen LogP contribution is -2.41. The van der Waals surface area contributed by atoms with Gasteiger partial charge in [0.2, 0.25) is 0 Å². The summed E-state index contributed by atoms with van der Waals surface area (Å²) in [5.41, 5.74) is 1.63. The summed E-state index contributed by atoms with van der Waals surface area (Å²) < 4.78 is 37.4. The lowest BCUT2D eigenvalue weighted by atomic mass is 10.2. The van der Waals surface area contributed by atoms with E-state index in [9.17, 15) is 17.6 Å². The Kier molecular flexibility index (Phi) is 5.02. The van der Waals surface area contributed by atoms with E-state index in [4.69, 9.17) is 23.2 Å². The van der Waals surface area contributed by atoms with E-state index in [1.165, 1.54) is 30.3 Å². The third kappa shape index (κ3) is 3.75. The number of hydrazine groups is 1. The summed E-state index contributed by atoms with van der Waals surface area (Å²) in [5.74, 6) is -1.70. The van der Waals surface area contributed by atoms with Crippen LogP contribution in [-0.4, -0.2) is 14.3 Å². The van der Waals surface area contributed by atoms with Crippen LogP contribution in [0, 0.1) is 5.82 Å². The van der Waals surface area contributed by atoms with Gasteiger partial charge in [-0.1, -0.05) is 35.3 Å². The fourth-order valence-electron chi connectivity index (χ4n) is 1.53. The number of sulfonamides is 1. The van der Waals surface area contributed by atoms with Gasteiger partial charge in [-0.05, 0) is 30.3 Å². The Bertz CT molecular complexity index is 828. The van der Waals surface area contributed by atoms with Crippen LogP contribution >= 0.6 is 23.2 Å². The van der Waals surface area contributed by atoms with Gasteiger partial charge in [-0.15, -0.1) is 4.83 Å². The monoisotopic (exact) mass is 362 g/mol. The van der Waals surface area contributed by atoms with Crippen molar-refractivity contribution in [2.24, 2.45) is 0 Å². The zero-order valence-corrected chi connectivity index (χ0v) is 13.1. The predicted octanol–water partition coefficient (Wildman–Crippen LogP) is 2.76. The minimum atomic E-state index is -4.06. The Balaban J connectivity index is 2.14. The van der Waals surface area contributed by atoms with E-state index >= 15 is 0 Å². The number of benzene rings is 2. The molecule has 2 rings (SSSR count). The summed E-state index contributed by atoms with van der Waals surface area (Å²) in [5, 5.41) is 0.237. The quantitative estimate of drug-likeness (QED) is 0.821. The molecule has 0 aliphatic heterocycles. The van der Waals surface area contributed by atoms with Crippen molar-refractivity contribution in [3.63, 3.8) is 0 Å². The van der Waals surface area contributed by atoms with Crippen molar-refractivity contribution in [1.29, 1.82) is 0 Å². The first-order chi connectivity index (χ1) is 10.3. The molecule has 0 fully saturated rings. The van der Waals surface area contributed by atoms with Gasteiger partial charge in [-0.3, -0.25) is 10.2 Å². The van der Waals surface area contributed by atoms with Crippen LogP contribution in [0.25, 0.3) is 0 Å². The van der Waals surface area contributed by atoms with Crippen LogP contribution in [0.1, 0.15) is 10.4 Å². The molecule has 116 valence electrons. The topological polar surface area (TPSA) is 75.3 Å². The maximum absolute atomic E-state index is 13.4. The zero-order chi connectivity index (χ0) is 16.3. The molecule has 0 saturated heterocycles. The van der Waals surface area contributed by atoms with Gasteiger partial charge >= 0.3 is 0 Å². The SMILES string of the molecule is O=C(NNS(=O)(=O)c1ccc(Cl)c(Cl)c1)c1ccccc1F. The Labute approximate surface area is 136 Å². The van der Waals surface area contributed by atoms with Gasteiger partial charge in [0, 0.05) is 0 Å². The third-order valence-electron chi connectivity index (χ3n) is 2.62. The number of rotatable bonds is 4. The summed E-state index contributed by atoms with van der Waals surface area (Å²) in [4.78, 5) is 13.4. The highest BCUT2D eigenvalue weighted by Crippen LogP contribution is 2.24. The first-order valence-electron chi connectivity index (χ1n) is 5.83. The van der Waals surface area contributed by atoms with Crippen LogP contribution < -0.4 is 10.3 Å². The normalized spacial score (nSPS) is 11.2. The van der Waals surface area contributed by atoms with Crippen molar-refractivity contribution < 1.29 is 17.6 Å². The second kappa shape index (κ2) is 6.62. The van der Waals surface area contributed by atoms with E-state index in [2.05, 4.69) is 0 Å². The average Bonchev–Trinajstić information content (AvgIpc) is 2.48. The van der Waals surface area contributed by atoms with Crippen molar-refractivity contribution in [2.45, 2.75) is 4.90 Å². The van der Waals surface area contributed by atoms with Crippen LogP contribution in [0.2, 0.25) is 10.0 Å². The fourth-order valence-corrected chi connectivity index (χ4v) is 2.76. The molecule has 5 nitrogen and oxygen atoms in total. The molecular weight excluding hydrogens is 354 g/mol. The second-order valence-corrected chi connectivity index (χ2v) is 6.61. The number of hydrogen-bond donors (Lipinski definition) is 2. The Morgan fingerprint density at radius 1 is 1.05 bits per heavy atom. The number of nitrogens with one attached hydrogen (secondary N) is 2. The number of halogens is 3. The number of carbonyl (C=O) groups excluding carboxylic acids is 1. The highest BCUT2D eigenvalue weighted by Gasteiger charge is 2.18. The van der Waals surface area contributed by atoms with E-state index in [1.807, 2.05) is 10.3 Å². The molecule has 2 aromatic carbocycles. The Morgan fingerprint density at radius 2 is 1.73 bits per heavy atom. The molecule has 2 aromatic rings. The average molecular weight is 363 g/mol. The van der Waals surface area contributed by atoms with Crippen LogP contribution in [0.15, 0.2) is 47.4 Å². The van der Waals surface area contributed by atoms with E-state index in [-0.39, 0.29) is 20.5 Å². The zero-order valence-electron chi connectivity index (χ0n) is 10.8. The van der Waals surface area contributed by atoms with Gasteiger partial charge in [-0.25, -0.2) is 12.8 Å². The van der Waals surface area contributed by atoms with E-state index in [1.54, 1.807) is 0 Å². The molecule has 9 heteroatoms. The lowest BCUT2D eigenvalue weighted by molar-refractivity contribution is 0.0941. The minimum absolute atomic E-state index is 0.0463. The number of hydrogen-bond acceptors (Lipinski definition) is 3. The van der Waals surface area contributed by atoms with Gasteiger partial charge in [0.05, 0.1) is 20.5 Å². The van der Waals surface area contributed by atoms with Crippen LogP contribution in [0.3, 0.4) is 0 Å². The van der Waals surface area contributed by atoms with Crippen molar-refractivity contribution in [3.05, 3.63) is 63.9 Å². The minimum Gasteiger partial charge on any atom is -0.273 e. The molecule has 0 aromatic heterocycles. The molecule has 0 spiro atoms. The van der Waals surface area contributed by atoms with Gasteiger partial charge in [0.25, 0.3) is 15.9 Å². The standard InChI is InChI=1S/C13H9Cl2FN2O3S/c14-10-6-5-8(7-11(10)15)22(20,21)18-17-13(19)9-3-1-2-4-12(9)16/h1-7,18H,(H,17,19). The Hall–Kier alpha value is -1.67. The van der Waals surface area contributed by atoms with E-state index in [0.717, 1.165) is 12.1 Å². The summed E-state index contributed by atoms with van der Waals surface area (Å²) in [7, 11) is -4.06. The molecule has 2 N–H and O–H groups in total. The maximum atomic E-state index is 13.4. The van der Waals surface area contributed by atoms with Gasteiger partial charge in [0.15, 0.2) is 0 Å². The molecule has 0 heterocycles. The summed E-state index contributed by atoms with van der Waals surface area (Å²) in [6.07, 6.45) is 0. The smallest absolute Gasteiger partial charge is 0.269 e. The second-order valence-electron chi connectivity index (χ2n) is 4.12. The van der Waals surface area contributed by atoms with Crippen LogP contribution in [0.4, 0.5) is 4.39 Å². The first-order valence-corrected chi connectivity index (χ1v) is 8.07. The first kappa shape index (κ1) is 16.7. The van der Waals surface area contributed by atoms with Crippen molar-refractivity contribution in [1.82, 2.24) is 10.3 Å². The molecule has 0 unspecified atom stereocenters. The third-order valence-corrected chi connectivity index (χ3v) is 4.60. The number of carbonyl (C=O) groups is 1. The van der Waals surface area contributed by atoms with Crippen molar-refractivity contribution in [3.8, 4) is 0 Å². The highest BCUT2D eigenvalue weighted by molar-refractivity contribution is 7.89. The van der Waals surface area contributed by atoms with E-state index in [0.29, 0.717) is 0 Å². The van der Waals surface area contributed by atoms with Crippen molar-refractivity contribution in [2.75, 3.05) is 0 Å². The summed E-state index contributed by atoms with van der Waals surface area (Å²) in [6, 6.07) is 8.81. The predicted molar refractivity (Wildman–Crippen MR) is 80.6 cm³/mol. The summed E-state index contributed by atoms with van der Waals surface area (Å²) >= 11 is 11.4. The van der Waals surface area contributed by atoms with E-state index < -0.39 is 21.7 Å². The Morgan fingerprint density at radius 3 is 2.36 bits per heavy atom. The fraction of sp³-hybridized carbons (Fsp3) is 0. The lowest BCUT2D eigenvalue weighted by Gasteiger charge is -2.09. The summed E-state index contributed by atoms with van der Waals surface area (Å²) in [6.45, 7) is 0. The maximum Gasteiger partial charge on any atom is 0.269 e. The molecule has 0 radical (unpaired) electrons. The number of amides is 1. The molecule has 0 aliphatic carbocycles. The van der Waals surface area contributed by atoms with Gasteiger partial charge in [0.1, 0.15) is 5.82 Å². The molecule has 0 atom stereocenters. The molecule has 0 bridgehead atoms. The molecule has 0 saturated carbocycles. The van der Waals surface area contributed by atoms with Crippen LogP contribution in [-0.2, 0) is 10.0 Å².